The first-order chi connectivity index (χ1) is 12.7. The standard InChI is InChI=1S/C21H30N2O3/c1-3-25-20-6-4-5-19(15-23-12-11-22-13-14-24)21(20)26-16-18-9-7-17(2)8-10-18/h4-10,22-24H,3,11-16H2,1-2H3. The van der Waals surface area contributed by atoms with Crippen molar-refractivity contribution in [3.63, 3.8) is 0 Å². The first kappa shape index (κ1) is 20.2. The number of aryl methyl sites for hydroxylation is 1. The molecule has 0 saturated carbocycles. The third kappa shape index (κ3) is 6.67. The van der Waals surface area contributed by atoms with E-state index in [2.05, 4.69) is 47.9 Å². The molecule has 0 atom stereocenters. The Hall–Kier alpha value is -2.08. The SMILES string of the molecule is CCOc1cccc(CNCCNCCO)c1OCc1ccc(C)cc1. The summed E-state index contributed by atoms with van der Waals surface area (Å²) in [6.45, 7) is 8.26. The van der Waals surface area contributed by atoms with Crippen LogP contribution < -0.4 is 20.1 Å². The molecule has 3 N–H and O–H groups in total. The van der Waals surface area contributed by atoms with Crippen LogP contribution in [0.15, 0.2) is 42.5 Å². The largest absolute Gasteiger partial charge is 0.490 e. The highest BCUT2D eigenvalue weighted by molar-refractivity contribution is 5.46. The predicted molar refractivity (Wildman–Crippen MR) is 105 cm³/mol. The van der Waals surface area contributed by atoms with Gasteiger partial charge in [-0.15, -0.1) is 0 Å². The molecule has 0 aromatic heterocycles. The predicted octanol–water partition coefficient (Wildman–Crippen LogP) is 2.64. The molecule has 0 fully saturated rings. The zero-order valence-electron chi connectivity index (χ0n) is 15.8. The Labute approximate surface area is 156 Å². The van der Waals surface area contributed by atoms with Crippen LogP contribution in [-0.2, 0) is 13.2 Å². The van der Waals surface area contributed by atoms with E-state index in [1.54, 1.807) is 0 Å². The van der Waals surface area contributed by atoms with Gasteiger partial charge >= 0.3 is 0 Å². The summed E-state index contributed by atoms with van der Waals surface area (Å²) in [5.74, 6) is 1.57. The molecular weight excluding hydrogens is 328 g/mol. The molecule has 26 heavy (non-hydrogen) atoms. The Bertz CT molecular complexity index is 644. The number of ether oxygens (including phenoxy) is 2. The minimum atomic E-state index is 0.160. The zero-order valence-corrected chi connectivity index (χ0v) is 15.8. The van der Waals surface area contributed by atoms with E-state index >= 15 is 0 Å². The van der Waals surface area contributed by atoms with E-state index in [0.29, 0.717) is 26.3 Å². The lowest BCUT2D eigenvalue weighted by Gasteiger charge is -2.17. The Morgan fingerprint density at radius 2 is 1.69 bits per heavy atom. The van der Waals surface area contributed by atoms with Crippen LogP contribution in [0.2, 0.25) is 0 Å². The number of nitrogens with one attached hydrogen (secondary N) is 2. The van der Waals surface area contributed by atoms with E-state index in [-0.39, 0.29) is 6.61 Å². The molecule has 0 bridgehead atoms. The third-order valence-electron chi connectivity index (χ3n) is 3.95. The van der Waals surface area contributed by atoms with Gasteiger partial charge in [0.2, 0.25) is 0 Å². The topological polar surface area (TPSA) is 62.8 Å². The molecule has 2 aromatic rings. The average Bonchev–Trinajstić information content (AvgIpc) is 2.65. The van der Waals surface area contributed by atoms with Crippen LogP contribution in [0.1, 0.15) is 23.6 Å². The van der Waals surface area contributed by atoms with Crippen molar-refractivity contribution in [2.75, 3.05) is 32.8 Å². The van der Waals surface area contributed by atoms with Crippen LogP contribution in [0.5, 0.6) is 11.5 Å². The number of aliphatic hydroxyl groups is 1. The molecule has 0 unspecified atom stereocenters. The molecule has 0 aliphatic rings. The minimum absolute atomic E-state index is 0.160. The normalized spacial score (nSPS) is 10.7. The van der Waals surface area contributed by atoms with Crippen LogP contribution in [0.3, 0.4) is 0 Å². The van der Waals surface area contributed by atoms with Gasteiger partial charge in [-0.05, 0) is 25.5 Å². The van der Waals surface area contributed by atoms with E-state index in [9.17, 15) is 0 Å². The second kappa shape index (κ2) is 11.5. The number of para-hydroxylation sites is 1. The molecule has 0 saturated heterocycles. The maximum atomic E-state index is 8.77. The van der Waals surface area contributed by atoms with Gasteiger partial charge in [0.15, 0.2) is 11.5 Å². The third-order valence-corrected chi connectivity index (χ3v) is 3.95. The highest BCUT2D eigenvalue weighted by Crippen LogP contribution is 2.32. The van der Waals surface area contributed by atoms with Crippen molar-refractivity contribution in [2.45, 2.75) is 27.0 Å². The molecule has 0 spiro atoms. The van der Waals surface area contributed by atoms with Crippen molar-refractivity contribution in [3.05, 3.63) is 59.2 Å². The van der Waals surface area contributed by atoms with Crippen molar-refractivity contribution in [3.8, 4) is 11.5 Å². The maximum Gasteiger partial charge on any atom is 0.166 e. The number of aliphatic hydroxyl groups excluding tert-OH is 1. The van der Waals surface area contributed by atoms with Crippen molar-refractivity contribution in [1.29, 1.82) is 0 Å². The molecule has 142 valence electrons. The van der Waals surface area contributed by atoms with Crippen molar-refractivity contribution >= 4 is 0 Å². The van der Waals surface area contributed by atoms with Gasteiger partial charge in [0.1, 0.15) is 6.61 Å². The number of rotatable bonds is 12. The summed E-state index contributed by atoms with van der Waals surface area (Å²) in [5.41, 5.74) is 3.45. The number of hydrogen-bond donors (Lipinski definition) is 3. The number of benzene rings is 2. The van der Waals surface area contributed by atoms with Crippen LogP contribution in [0.25, 0.3) is 0 Å². The fraction of sp³-hybridized carbons (Fsp3) is 0.429. The summed E-state index contributed by atoms with van der Waals surface area (Å²) in [5, 5.41) is 15.3. The molecule has 2 rings (SSSR count). The van der Waals surface area contributed by atoms with Gasteiger partial charge in [-0.2, -0.15) is 0 Å². The van der Waals surface area contributed by atoms with Crippen LogP contribution in [0.4, 0.5) is 0 Å². The summed E-state index contributed by atoms with van der Waals surface area (Å²) in [6, 6.07) is 14.4. The molecule has 0 amide bonds. The van der Waals surface area contributed by atoms with E-state index in [0.717, 1.165) is 35.7 Å². The monoisotopic (exact) mass is 358 g/mol. The van der Waals surface area contributed by atoms with Gasteiger partial charge in [-0.1, -0.05) is 42.0 Å². The van der Waals surface area contributed by atoms with Crippen LogP contribution in [0, 0.1) is 6.92 Å². The summed E-state index contributed by atoms with van der Waals surface area (Å²) in [7, 11) is 0. The molecular formula is C21H30N2O3. The van der Waals surface area contributed by atoms with E-state index in [1.807, 2.05) is 19.1 Å². The lowest BCUT2D eigenvalue weighted by molar-refractivity contribution is 0.266. The smallest absolute Gasteiger partial charge is 0.166 e. The average molecular weight is 358 g/mol. The second-order valence-corrected chi connectivity index (χ2v) is 6.10. The lowest BCUT2D eigenvalue weighted by atomic mass is 10.1. The van der Waals surface area contributed by atoms with Gasteiger partial charge in [-0.25, -0.2) is 0 Å². The summed E-state index contributed by atoms with van der Waals surface area (Å²) in [4.78, 5) is 0. The quantitative estimate of drug-likeness (QED) is 0.509. The molecule has 0 aliphatic carbocycles. The van der Waals surface area contributed by atoms with Gasteiger partial charge in [0.05, 0.1) is 13.2 Å². The van der Waals surface area contributed by atoms with Gasteiger partial charge in [-0.3, -0.25) is 0 Å². The summed E-state index contributed by atoms with van der Waals surface area (Å²) in [6.07, 6.45) is 0. The maximum absolute atomic E-state index is 8.77. The van der Waals surface area contributed by atoms with Gasteiger partial charge in [0.25, 0.3) is 0 Å². The van der Waals surface area contributed by atoms with E-state index in [1.165, 1.54) is 5.56 Å². The molecule has 0 heterocycles. The van der Waals surface area contributed by atoms with E-state index in [4.69, 9.17) is 14.6 Å². The zero-order chi connectivity index (χ0) is 18.6. The second-order valence-electron chi connectivity index (χ2n) is 6.10. The van der Waals surface area contributed by atoms with Gasteiger partial charge in [0, 0.05) is 31.7 Å². The summed E-state index contributed by atoms with van der Waals surface area (Å²) < 4.78 is 11.9. The Morgan fingerprint density at radius 1 is 0.923 bits per heavy atom. The van der Waals surface area contributed by atoms with Crippen molar-refractivity contribution in [2.24, 2.45) is 0 Å². The highest BCUT2D eigenvalue weighted by Gasteiger charge is 2.11. The fourth-order valence-corrected chi connectivity index (χ4v) is 2.58. The molecule has 2 aromatic carbocycles. The fourth-order valence-electron chi connectivity index (χ4n) is 2.58. The van der Waals surface area contributed by atoms with Crippen LogP contribution in [-0.4, -0.2) is 38.0 Å². The Balaban J connectivity index is 1.99. The highest BCUT2D eigenvalue weighted by atomic mass is 16.5. The first-order valence-corrected chi connectivity index (χ1v) is 9.20. The molecule has 5 heteroatoms. The van der Waals surface area contributed by atoms with Crippen molar-refractivity contribution in [1.82, 2.24) is 10.6 Å². The molecule has 0 radical (unpaired) electrons. The van der Waals surface area contributed by atoms with Gasteiger partial charge < -0.3 is 25.2 Å². The lowest BCUT2D eigenvalue weighted by Crippen LogP contribution is -2.28. The minimum Gasteiger partial charge on any atom is -0.490 e. The summed E-state index contributed by atoms with van der Waals surface area (Å²) >= 11 is 0. The van der Waals surface area contributed by atoms with Crippen LogP contribution >= 0.6 is 0 Å². The molecule has 0 aliphatic heterocycles. The van der Waals surface area contributed by atoms with Crippen molar-refractivity contribution < 1.29 is 14.6 Å². The Kier molecular flexibility index (Phi) is 8.96. The number of hydrogen-bond acceptors (Lipinski definition) is 5. The Morgan fingerprint density at radius 3 is 2.42 bits per heavy atom. The van der Waals surface area contributed by atoms with E-state index < -0.39 is 0 Å². The molecule has 5 nitrogen and oxygen atoms in total. The first-order valence-electron chi connectivity index (χ1n) is 9.20.